The van der Waals surface area contributed by atoms with E-state index in [9.17, 15) is 4.79 Å². The predicted molar refractivity (Wildman–Crippen MR) is 109 cm³/mol. The lowest BCUT2D eigenvalue weighted by Gasteiger charge is -2.33. The SMILES string of the molecule is Cc1ncsc1-c1nnc([C@@H]2CCCCN2C(=O)c2cnc(C(C)(C)C)nc2)o1. The van der Waals surface area contributed by atoms with Gasteiger partial charge in [0.1, 0.15) is 16.7 Å². The molecule has 9 heteroatoms. The van der Waals surface area contributed by atoms with Gasteiger partial charge in [-0.15, -0.1) is 21.5 Å². The van der Waals surface area contributed by atoms with E-state index in [1.807, 2.05) is 27.7 Å². The van der Waals surface area contributed by atoms with Crippen molar-refractivity contribution in [2.75, 3.05) is 6.54 Å². The smallest absolute Gasteiger partial charge is 0.259 e. The van der Waals surface area contributed by atoms with E-state index in [4.69, 9.17) is 4.42 Å². The van der Waals surface area contributed by atoms with E-state index in [0.29, 0.717) is 29.7 Å². The van der Waals surface area contributed by atoms with Crippen LogP contribution in [0.15, 0.2) is 22.3 Å². The first kappa shape index (κ1) is 19.6. The van der Waals surface area contributed by atoms with Gasteiger partial charge in [0.15, 0.2) is 0 Å². The summed E-state index contributed by atoms with van der Waals surface area (Å²) in [5.41, 5.74) is 2.93. The van der Waals surface area contributed by atoms with Crippen LogP contribution in [-0.4, -0.2) is 42.5 Å². The largest absolute Gasteiger partial charge is 0.418 e. The van der Waals surface area contributed by atoms with E-state index in [1.165, 1.54) is 11.3 Å². The maximum Gasteiger partial charge on any atom is 0.259 e. The zero-order valence-corrected chi connectivity index (χ0v) is 17.9. The Bertz CT molecular complexity index is 1000. The van der Waals surface area contributed by atoms with Gasteiger partial charge in [0.05, 0.1) is 16.8 Å². The van der Waals surface area contributed by atoms with E-state index in [2.05, 4.69) is 25.1 Å². The Morgan fingerprint density at radius 1 is 1.17 bits per heavy atom. The maximum absolute atomic E-state index is 13.2. The molecule has 1 saturated heterocycles. The van der Waals surface area contributed by atoms with Crippen molar-refractivity contribution in [3.8, 4) is 10.8 Å². The lowest BCUT2D eigenvalue weighted by Crippen LogP contribution is -2.39. The van der Waals surface area contributed by atoms with Gasteiger partial charge in [-0.25, -0.2) is 15.0 Å². The molecule has 152 valence electrons. The van der Waals surface area contributed by atoms with E-state index in [0.717, 1.165) is 29.8 Å². The first-order valence-corrected chi connectivity index (χ1v) is 10.6. The molecule has 1 aliphatic rings. The van der Waals surface area contributed by atoms with Crippen molar-refractivity contribution < 1.29 is 9.21 Å². The summed E-state index contributed by atoms with van der Waals surface area (Å²) in [5.74, 6) is 1.53. The third-order valence-corrected chi connectivity index (χ3v) is 5.92. The zero-order valence-electron chi connectivity index (χ0n) is 17.0. The molecule has 1 atom stereocenters. The molecule has 1 aliphatic heterocycles. The number of likely N-dealkylation sites (tertiary alicyclic amines) is 1. The molecule has 1 fully saturated rings. The quantitative estimate of drug-likeness (QED) is 0.642. The van der Waals surface area contributed by atoms with Gasteiger partial charge in [0.25, 0.3) is 11.8 Å². The molecule has 4 rings (SSSR count). The van der Waals surface area contributed by atoms with Gasteiger partial charge in [-0.2, -0.15) is 0 Å². The van der Waals surface area contributed by atoms with Crippen molar-refractivity contribution in [2.45, 2.75) is 58.4 Å². The number of hydrogen-bond acceptors (Lipinski definition) is 8. The summed E-state index contributed by atoms with van der Waals surface area (Å²) in [6.07, 6.45) is 5.96. The van der Waals surface area contributed by atoms with E-state index in [-0.39, 0.29) is 17.4 Å². The monoisotopic (exact) mass is 412 g/mol. The van der Waals surface area contributed by atoms with E-state index in [1.54, 1.807) is 22.8 Å². The third-order valence-electron chi connectivity index (χ3n) is 5.00. The van der Waals surface area contributed by atoms with Gasteiger partial charge < -0.3 is 9.32 Å². The summed E-state index contributed by atoms with van der Waals surface area (Å²) < 4.78 is 5.95. The number of piperidine rings is 1. The summed E-state index contributed by atoms with van der Waals surface area (Å²) in [4.78, 5) is 28.9. The van der Waals surface area contributed by atoms with Crippen LogP contribution in [-0.2, 0) is 5.41 Å². The summed E-state index contributed by atoms with van der Waals surface area (Å²) in [5, 5.41) is 8.44. The summed E-state index contributed by atoms with van der Waals surface area (Å²) >= 11 is 1.47. The average molecular weight is 413 g/mol. The molecule has 0 unspecified atom stereocenters. The van der Waals surface area contributed by atoms with Crippen molar-refractivity contribution in [2.24, 2.45) is 0 Å². The molecule has 0 bridgehead atoms. The minimum atomic E-state index is -0.243. The topological polar surface area (TPSA) is 97.9 Å². The fourth-order valence-corrected chi connectivity index (χ4v) is 4.11. The molecule has 3 aromatic rings. The molecule has 4 heterocycles. The van der Waals surface area contributed by atoms with Gasteiger partial charge in [-0.3, -0.25) is 4.79 Å². The highest BCUT2D eigenvalue weighted by molar-refractivity contribution is 7.13. The van der Waals surface area contributed by atoms with Crippen LogP contribution in [0.4, 0.5) is 0 Å². The lowest BCUT2D eigenvalue weighted by molar-refractivity contribution is 0.0571. The van der Waals surface area contributed by atoms with Crippen molar-refractivity contribution in [1.29, 1.82) is 0 Å². The number of thiazole rings is 1. The molecule has 0 radical (unpaired) electrons. The molecule has 1 amide bonds. The van der Waals surface area contributed by atoms with Crippen molar-refractivity contribution in [3.05, 3.63) is 40.9 Å². The normalized spacial score (nSPS) is 17.5. The Labute approximate surface area is 173 Å². The van der Waals surface area contributed by atoms with Crippen LogP contribution in [0, 0.1) is 6.92 Å². The highest BCUT2D eigenvalue weighted by atomic mass is 32.1. The second kappa shape index (κ2) is 7.62. The Balaban J connectivity index is 1.59. The minimum absolute atomic E-state index is 0.108. The molecule has 3 aromatic heterocycles. The highest BCUT2D eigenvalue weighted by Gasteiger charge is 2.33. The van der Waals surface area contributed by atoms with Crippen molar-refractivity contribution >= 4 is 17.2 Å². The zero-order chi connectivity index (χ0) is 20.6. The molecule has 29 heavy (non-hydrogen) atoms. The molecular weight excluding hydrogens is 388 g/mol. The summed E-state index contributed by atoms with van der Waals surface area (Å²) in [7, 11) is 0. The summed E-state index contributed by atoms with van der Waals surface area (Å²) in [6.45, 7) is 8.68. The van der Waals surface area contributed by atoms with Crippen LogP contribution in [0.3, 0.4) is 0 Å². The van der Waals surface area contributed by atoms with E-state index >= 15 is 0 Å². The van der Waals surface area contributed by atoms with Gasteiger partial charge in [0.2, 0.25) is 5.89 Å². The first-order chi connectivity index (χ1) is 13.8. The van der Waals surface area contributed by atoms with Crippen LogP contribution in [0.2, 0.25) is 0 Å². The number of hydrogen-bond donors (Lipinski definition) is 0. The number of amides is 1. The van der Waals surface area contributed by atoms with Crippen LogP contribution >= 0.6 is 11.3 Å². The molecule has 0 saturated carbocycles. The standard InChI is InChI=1S/C20H24N6O2S/c1-12-15(29-11-23-12)17-25-24-16(28-17)14-7-5-6-8-26(14)18(27)13-9-21-19(22-10-13)20(2,3)4/h9-11,14H,5-8H2,1-4H3/t14-/m0/s1. The average Bonchev–Trinajstić information content (AvgIpc) is 3.35. The highest BCUT2D eigenvalue weighted by Crippen LogP contribution is 2.34. The Hall–Kier alpha value is -2.68. The number of aromatic nitrogens is 5. The molecule has 8 nitrogen and oxygen atoms in total. The number of carbonyl (C=O) groups is 1. The molecule has 0 aromatic carbocycles. The maximum atomic E-state index is 13.2. The molecule has 0 N–H and O–H groups in total. The fourth-order valence-electron chi connectivity index (χ4n) is 3.39. The van der Waals surface area contributed by atoms with Crippen LogP contribution in [0.1, 0.15) is 73.8 Å². The first-order valence-electron chi connectivity index (χ1n) is 9.72. The summed E-state index contributed by atoms with van der Waals surface area (Å²) in [6, 6.07) is -0.243. The molecule has 0 spiro atoms. The number of nitrogens with zero attached hydrogens (tertiary/aromatic N) is 6. The van der Waals surface area contributed by atoms with Gasteiger partial charge in [-0.1, -0.05) is 20.8 Å². The Morgan fingerprint density at radius 2 is 1.93 bits per heavy atom. The van der Waals surface area contributed by atoms with Crippen LogP contribution in [0.25, 0.3) is 10.8 Å². The third kappa shape index (κ3) is 3.91. The second-order valence-electron chi connectivity index (χ2n) is 8.27. The predicted octanol–water partition coefficient (Wildman–Crippen LogP) is 3.96. The molecular formula is C20H24N6O2S. The van der Waals surface area contributed by atoms with Crippen molar-refractivity contribution in [3.63, 3.8) is 0 Å². The van der Waals surface area contributed by atoms with E-state index < -0.39 is 0 Å². The van der Waals surface area contributed by atoms with Gasteiger partial charge in [-0.05, 0) is 26.2 Å². The number of aryl methyl sites for hydroxylation is 1. The second-order valence-corrected chi connectivity index (χ2v) is 9.12. The van der Waals surface area contributed by atoms with Crippen LogP contribution < -0.4 is 0 Å². The van der Waals surface area contributed by atoms with Crippen molar-refractivity contribution in [1.82, 2.24) is 30.0 Å². The number of rotatable bonds is 3. The molecule has 0 aliphatic carbocycles. The van der Waals surface area contributed by atoms with Gasteiger partial charge >= 0.3 is 0 Å². The fraction of sp³-hybridized carbons (Fsp3) is 0.500. The Kier molecular flexibility index (Phi) is 5.16. The lowest BCUT2D eigenvalue weighted by atomic mass is 9.95. The van der Waals surface area contributed by atoms with Gasteiger partial charge in [0, 0.05) is 24.4 Å². The Morgan fingerprint density at radius 3 is 2.59 bits per heavy atom. The van der Waals surface area contributed by atoms with Crippen LogP contribution in [0.5, 0.6) is 0 Å². The number of carbonyl (C=O) groups excluding carboxylic acids is 1. The minimum Gasteiger partial charge on any atom is -0.418 e.